The second kappa shape index (κ2) is 6.04. The molecule has 0 unspecified atom stereocenters. The van der Waals surface area contributed by atoms with Crippen molar-refractivity contribution in [2.24, 2.45) is 5.92 Å². The predicted molar refractivity (Wildman–Crippen MR) is 78.6 cm³/mol. The normalized spacial score (nSPS) is 19.4. The maximum absolute atomic E-state index is 11.9. The summed E-state index contributed by atoms with van der Waals surface area (Å²) in [5.41, 5.74) is 1.22. The minimum Gasteiger partial charge on any atom is -0.302 e. The van der Waals surface area contributed by atoms with E-state index in [1.807, 2.05) is 0 Å². The van der Waals surface area contributed by atoms with Crippen LogP contribution in [0.2, 0.25) is 0 Å². The molecule has 0 atom stereocenters. The number of hydrogen-bond donors (Lipinski definition) is 1. The quantitative estimate of drug-likeness (QED) is 0.906. The van der Waals surface area contributed by atoms with Crippen molar-refractivity contribution in [2.45, 2.75) is 64.2 Å². The summed E-state index contributed by atoms with van der Waals surface area (Å²) in [6, 6.07) is 0. The van der Waals surface area contributed by atoms with Crippen LogP contribution >= 0.6 is 11.3 Å². The Labute approximate surface area is 118 Å². The van der Waals surface area contributed by atoms with Crippen LogP contribution in [0, 0.1) is 5.92 Å². The van der Waals surface area contributed by atoms with Crippen molar-refractivity contribution >= 4 is 22.4 Å². The van der Waals surface area contributed by atoms with Gasteiger partial charge in [0.1, 0.15) is 0 Å². The second-order valence-electron chi connectivity index (χ2n) is 5.83. The first kappa shape index (κ1) is 13.1. The van der Waals surface area contributed by atoms with Gasteiger partial charge in [0.05, 0.1) is 5.69 Å². The molecule has 1 amide bonds. The Morgan fingerprint density at radius 2 is 2.05 bits per heavy atom. The van der Waals surface area contributed by atoms with Crippen LogP contribution in [0.15, 0.2) is 0 Å². The van der Waals surface area contributed by atoms with Crippen molar-refractivity contribution in [3.05, 3.63) is 10.6 Å². The standard InChI is InChI=1S/C15H22N2OS/c18-14(10-9-11-5-2-1-3-6-11)17-15-16-12-7-4-8-13(12)19-15/h11H,1-10H2,(H,16,17,18). The Bertz CT molecular complexity index is 427. The second-order valence-corrected chi connectivity index (χ2v) is 6.92. The molecule has 0 aliphatic heterocycles. The average molecular weight is 278 g/mol. The predicted octanol–water partition coefficient (Wildman–Crippen LogP) is 3.93. The van der Waals surface area contributed by atoms with E-state index in [1.54, 1.807) is 11.3 Å². The zero-order valence-corrected chi connectivity index (χ0v) is 12.2. The fourth-order valence-electron chi connectivity index (χ4n) is 3.24. The third kappa shape index (κ3) is 3.35. The minimum absolute atomic E-state index is 0.151. The van der Waals surface area contributed by atoms with Gasteiger partial charge < -0.3 is 5.32 Å². The van der Waals surface area contributed by atoms with Gasteiger partial charge in [-0.05, 0) is 31.6 Å². The van der Waals surface area contributed by atoms with Crippen LogP contribution in [0.5, 0.6) is 0 Å². The van der Waals surface area contributed by atoms with Crippen LogP contribution < -0.4 is 5.32 Å². The lowest BCUT2D eigenvalue weighted by molar-refractivity contribution is -0.116. The number of fused-ring (bicyclic) bond motifs is 1. The van der Waals surface area contributed by atoms with E-state index < -0.39 is 0 Å². The molecule has 2 aliphatic carbocycles. The van der Waals surface area contributed by atoms with Crippen molar-refractivity contribution in [3.8, 4) is 0 Å². The van der Waals surface area contributed by atoms with Gasteiger partial charge in [-0.1, -0.05) is 32.1 Å². The first-order chi connectivity index (χ1) is 9.31. The highest BCUT2D eigenvalue weighted by Crippen LogP contribution is 2.31. The Balaban J connectivity index is 1.45. The van der Waals surface area contributed by atoms with Crippen LogP contribution in [0.3, 0.4) is 0 Å². The van der Waals surface area contributed by atoms with Gasteiger partial charge in [-0.15, -0.1) is 11.3 Å². The van der Waals surface area contributed by atoms with E-state index in [9.17, 15) is 4.79 Å². The van der Waals surface area contributed by atoms with E-state index in [-0.39, 0.29) is 5.91 Å². The van der Waals surface area contributed by atoms with Gasteiger partial charge in [-0.25, -0.2) is 4.98 Å². The lowest BCUT2D eigenvalue weighted by Gasteiger charge is -2.20. The van der Waals surface area contributed by atoms with E-state index in [1.165, 1.54) is 49.1 Å². The Hall–Kier alpha value is -0.900. The summed E-state index contributed by atoms with van der Waals surface area (Å²) in [6.07, 6.45) is 11.9. The molecule has 2 aliphatic rings. The Morgan fingerprint density at radius 1 is 1.21 bits per heavy atom. The summed E-state index contributed by atoms with van der Waals surface area (Å²) in [4.78, 5) is 17.8. The SMILES string of the molecule is O=C(CCC1CCCCC1)Nc1nc2c(s1)CCC2. The number of rotatable bonds is 4. The van der Waals surface area contributed by atoms with Crippen molar-refractivity contribution in [2.75, 3.05) is 5.32 Å². The summed E-state index contributed by atoms with van der Waals surface area (Å²) < 4.78 is 0. The lowest BCUT2D eigenvalue weighted by Crippen LogP contribution is -2.14. The highest BCUT2D eigenvalue weighted by atomic mass is 32.1. The number of amides is 1. The molecule has 0 radical (unpaired) electrons. The molecule has 1 aromatic rings. The fourth-order valence-corrected chi connectivity index (χ4v) is 4.30. The van der Waals surface area contributed by atoms with E-state index in [2.05, 4.69) is 10.3 Å². The van der Waals surface area contributed by atoms with Crippen molar-refractivity contribution in [3.63, 3.8) is 0 Å². The van der Waals surface area contributed by atoms with Crippen molar-refractivity contribution < 1.29 is 4.79 Å². The zero-order chi connectivity index (χ0) is 13.1. The topological polar surface area (TPSA) is 42.0 Å². The molecule has 0 saturated heterocycles. The van der Waals surface area contributed by atoms with Crippen LogP contribution in [-0.2, 0) is 17.6 Å². The Morgan fingerprint density at radius 3 is 2.84 bits per heavy atom. The third-order valence-electron chi connectivity index (χ3n) is 4.35. The number of aryl methyl sites for hydroxylation is 2. The summed E-state index contributed by atoms with van der Waals surface area (Å²) >= 11 is 1.67. The van der Waals surface area contributed by atoms with Gasteiger partial charge in [0.25, 0.3) is 0 Å². The molecule has 104 valence electrons. The molecule has 3 rings (SSSR count). The number of aromatic nitrogens is 1. The first-order valence-corrected chi connectivity index (χ1v) is 8.41. The number of hydrogen-bond acceptors (Lipinski definition) is 3. The lowest BCUT2D eigenvalue weighted by atomic mass is 9.86. The maximum atomic E-state index is 11.9. The molecule has 19 heavy (non-hydrogen) atoms. The van der Waals surface area contributed by atoms with Gasteiger partial charge in [0, 0.05) is 11.3 Å². The van der Waals surface area contributed by atoms with E-state index >= 15 is 0 Å². The van der Waals surface area contributed by atoms with Crippen molar-refractivity contribution in [1.82, 2.24) is 4.98 Å². The smallest absolute Gasteiger partial charge is 0.226 e. The summed E-state index contributed by atoms with van der Waals surface area (Å²) in [6.45, 7) is 0. The number of thiazole rings is 1. The largest absolute Gasteiger partial charge is 0.302 e. The zero-order valence-electron chi connectivity index (χ0n) is 11.4. The average Bonchev–Trinajstić information content (AvgIpc) is 2.98. The number of carbonyl (C=O) groups excluding carboxylic acids is 1. The molecule has 1 saturated carbocycles. The molecule has 0 bridgehead atoms. The molecular weight excluding hydrogens is 256 g/mol. The van der Waals surface area contributed by atoms with Gasteiger partial charge in [0.2, 0.25) is 5.91 Å². The molecule has 1 fully saturated rings. The van der Waals surface area contributed by atoms with Crippen molar-refractivity contribution in [1.29, 1.82) is 0 Å². The monoisotopic (exact) mass is 278 g/mol. The Kier molecular flexibility index (Phi) is 4.16. The van der Waals surface area contributed by atoms with Gasteiger partial charge in [-0.3, -0.25) is 4.79 Å². The van der Waals surface area contributed by atoms with Crippen LogP contribution in [0.25, 0.3) is 0 Å². The van der Waals surface area contributed by atoms with Gasteiger partial charge in [0.15, 0.2) is 5.13 Å². The molecular formula is C15H22N2OS. The molecule has 3 nitrogen and oxygen atoms in total. The fraction of sp³-hybridized carbons (Fsp3) is 0.733. The van der Waals surface area contributed by atoms with E-state index in [0.717, 1.165) is 30.3 Å². The minimum atomic E-state index is 0.151. The maximum Gasteiger partial charge on any atom is 0.226 e. The van der Waals surface area contributed by atoms with E-state index in [4.69, 9.17) is 0 Å². The third-order valence-corrected chi connectivity index (χ3v) is 5.42. The molecule has 4 heteroatoms. The summed E-state index contributed by atoms with van der Waals surface area (Å²) in [7, 11) is 0. The number of nitrogens with one attached hydrogen (secondary N) is 1. The molecule has 0 aromatic carbocycles. The highest BCUT2D eigenvalue weighted by Gasteiger charge is 2.18. The molecule has 1 aromatic heterocycles. The van der Waals surface area contributed by atoms with Gasteiger partial charge in [-0.2, -0.15) is 0 Å². The first-order valence-electron chi connectivity index (χ1n) is 7.59. The number of carbonyl (C=O) groups is 1. The van der Waals surface area contributed by atoms with Crippen LogP contribution in [-0.4, -0.2) is 10.9 Å². The summed E-state index contributed by atoms with van der Waals surface area (Å²) in [5.74, 6) is 0.929. The van der Waals surface area contributed by atoms with Crippen LogP contribution in [0.1, 0.15) is 61.9 Å². The number of nitrogens with zero attached hydrogens (tertiary/aromatic N) is 1. The van der Waals surface area contributed by atoms with E-state index in [0.29, 0.717) is 6.42 Å². The highest BCUT2D eigenvalue weighted by molar-refractivity contribution is 7.15. The molecule has 1 N–H and O–H groups in total. The molecule has 1 heterocycles. The number of anilines is 1. The molecule has 0 spiro atoms. The van der Waals surface area contributed by atoms with Gasteiger partial charge >= 0.3 is 0 Å². The van der Waals surface area contributed by atoms with Crippen LogP contribution in [0.4, 0.5) is 5.13 Å². The summed E-state index contributed by atoms with van der Waals surface area (Å²) in [5, 5.41) is 3.80.